The number of ketones is 1. The molecule has 0 aromatic heterocycles. The fourth-order valence-corrected chi connectivity index (χ4v) is 2.82. The maximum atomic E-state index is 13.2. The van der Waals surface area contributed by atoms with Gasteiger partial charge < -0.3 is 5.32 Å². The van der Waals surface area contributed by atoms with Crippen LogP contribution in [0.3, 0.4) is 0 Å². The Balaban J connectivity index is 1.88. The topological polar surface area (TPSA) is 29.1 Å². The highest BCUT2D eigenvalue weighted by molar-refractivity contribution is 6.35. The Morgan fingerprint density at radius 1 is 1.08 bits per heavy atom. The number of carbonyl (C=O) groups excluding carboxylic acids is 1. The standard InChI is InChI=1S/C21H15ClFNO/c1-13-5-3-4-6-17(13)21(25)18-9-8-16(12-19(18)22)24-20-10-7-15(23)11-14(20)2/h4,6-12,24H,1-2H3. The Morgan fingerprint density at radius 3 is 2.56 bits per heavy atom. The van der Waals surface area contributed by atoms with Gasteiger partial charge in [0.25, 0.3) is 0 Å². The van der Waals surface area contributed by atoms with Crippen molar-refractivity contribution in [2.24, 2.45) is 0 Å². The lowest BCUT2D eigenvalue weighted by molar-refractivity contribution is 0.103. The van der Waals surface area contributed by atoms with Crippen molar-refractivity contribution in [1.82, 2.24) is 0 Å². The van der Waals surface area contributed by atoms with Gasteiger partial charge in [0, 0.05) is 28.1 Å². The molecule has 3 aromatic rings. The van der Waals surface area contributed by atoms with Crippen LogP contribution in [0.5, 0.6) is 0 Å². The molecule has 0 spiro atoms. The van der Waals surface area contributed by atoms with Crippen molar-refractivity contribution in [3.63, 3.8) is 0 Å². The van der Waals surface area contributed by atoms with E-state index in [9.17, 15) is 9.18 Å². The summed E-state index contributed by atoms with van der Waals surface area (Å²) in [7, 11) is 0. The van der Waals surface area contributed by atoms with Crippen LogP contribution < -0.4 is 5.32 Å². The quantitative estimate of drug-likeness (QED) is 0.613. The molecule has 0 amide bonds. The predicted molar refractivity (Wildman–Crippen MR) is 98.2 cm³/mol. The second-order valence-corrected chi connectivity index (χ2v) is 6.16. The highest BCUT2D eigenvalue weighted by Gasteiger charge is 2.15. The van der Waals surface area contributed by atoms with E-state index in [0.29, 0.717) is 16.1 Å². The Labute approximate surface area is 151 Å². The molecule has 3 aromatic carbocycles. The van der Waals surface area contributed by atoms with Gasteiger partial charge in [-0.3, -0.25) is 4.79 Å². The van der Waals surface area contributed by atoms with Crippen molar-refractivity contribution in [2.75, 3.05) is 5.32 Å². The molecule has 4 heteroatoms. The molecule has 0 bridgehead atoms. The zero-order valence-electron chi connectivity index (χ0n) is 13.8. The summed E-state index contributed by atoms with van der Waals surface area (Å²) in [6.07, 6.45) is 0. The van der Waals surface area contributed by atoms with E-state index in [1.165, 1.54) is 12.1 Å². The first-order valence-corrected chi connectivity index (χ1v) is 8.10. The molecule has 0 radical (unpaired) electrons. The maximum absolute atomic E-state index is 13.2. The monoisotopic (exact) mass is 351 g/mol. The van der Waals surface area contributed by atoms with Crippen molar-refractivity contribution in [3.05, 3.63) is 93.8 Å². The lowest BCUT2D eigenvalue weighted by Crippen LogP contribution is -2.04. The summed E-state index contributed by atoms with van der Waals surface area (Å²) in [5.41, 5.74) is 3.98. The predicted octanol–water partition coefficient (Wildman–Crippen LogP) is 5.67. The molecule has 0 unspecified atom stereocenters. The molecule has 0 fully saturated rings. The number of nitrogens with one attached hydrogen (secondary N) is 1. The van der Waals surface area contributed by atoms with Gasteiger partial charge in [0.2, 0.25) is 0 Å². The average Bonchev–Trinajstić information content (AvgIpc) is 2.57. The molecular formula is C21H15ClFNO. The summed E-state index contributed by atoms with van der Waals surface area (Å²) in [5.74, 6) is -0.438. The van der Waals surface area contributed by atoms with E-state index in [1.54, 1.807) is 36.4 Å². The molecule has 0 aliphatic rings. The van der Waals surface area contributed by atoms with E-state index < -0.39 is 0 Å². The molecule has 0 saturated heterocycles. The van der Waals surface area contributed by atoms with Crippen LogP contribution in [-0.2, 0) is 0 Å². The van der Waals surface area contributed by atoms with E-state index in [-0.39, 0.29) is 11.6 Å². The zero-order chi connectivity index (χ0) is 18.0. The van der Waals surface area contributed by atoms with Crippen molar-refractivity contribution in [1.29, 1.82) is 0 Å². The molecular weight excluding hydrogens is 337 g/mol. The van der Waals surface area contributed by atoms with E-state index in [2.05, 4.69) is 17.4 Å². The molecule has 124 valence electrons. The highest BCUT2D eigenvalue weighted by Crippen LogP contribution is 2.27. The van der Waals surface area contributed by atoms with Crippen LogP contribution >= 0.6 is 11.6 Å². The molecule has 0 aliphatic heterocycles. The summed E-state index contributed by atoms with van der Waals surface area (Å²) in [4.78, 5) is 12.7. The number of halogens is 2. The summed E-state index contributed by atoms with van der Waals surface area (Å²) in [6.45, 7) is 3.63. The Kier molecular flexibility index (Phi) is 4.74. The number of carbonyl (C=O) groups is 1. The summed E-state index contributed by atoms with van der Waals surface area (Å²) in [6, 6.07) is 18.7. The first kappa shape index (κ1) is 17.0. The summed E-state index contributed by atoms with van der Waals surface area (Å²) in [5, 5.41) is 3.53. The fourth-order valence-electron chi connectivity index (χ4n) is 2.56. The number of hydrogen-bond acceptors (Lipinski definition) is 2. The Bertz CT molecular complexity index is 952. The van der Waals surface area contributed by atoms with Crippen LogP contribution in [-0.4, -0.2) is 5.78 Å². The van der Waals surface area contributed by atoms with Gasteiger partial charge in [-0.15, -0.1) is 0 Å². The van der Waals surface area contributed by atoms with Crippen LogP contribution in [0.15, 0.2) is 48.5 Å². The normalized spacial score (nSPS) is 10.2. The second-order valence-electron chi connectivity index (χ2n) is 5.75. The van der Waals surface area contributed by atoms with Gasteiger partial charge >= 0.3 is 0 Å². The van der Waals surface area contributed by atoms with Crippen molar-refractivity contribution in [3.8, 4) is 0 Å². The van der Waals surface area contributed by atoms with Crippen LogP contribution in [0.1, 0.15) is 27.0 Å². The lowest BCUT2D eigenvalue weighted by atomic mass is 10.00. The first-order chi connectivity index (χ1) is 12.0. The molecule has 3 rings (SSSR count). The fraction of sp³-hybridized carbons (Fsp3) is 0.0952. The molecule has 0 saturated carbocycles. The van der Waals surface area contributed by atoms with Gasteiger partial charge in [0.15, 0.2) is 5.78 Å². The van der Waals surface area contributed by atoms with E-state index >= 15 is 0 Å². The first-order valence-electron chi connectivity index (χ1n) is 7.72. The summed E-state index contributed by atoms with van der Waals surface area (Å²) < 4.78 is 13.2. The Morgan fingerprint density at radius 2 is 1.88 bits per heavy atom. The minimum atomic E-state index is -0.283. The van der Waals surface area contributed by atoms with Gasteiger partial charge in [-0.05, 0) is 67.9 Å². The van der Waals surface area contributed by atoms with Crippen LogP contribution in [0, 0.1) is 31.8 Å². The Hall–Kier alpha value is -2.83. The average molecular weight is 352 g/mol. The number of benzene rings is 2. The molecule has 0 atom stereocenters. The number of rotatable bonds is 4. The molecule has 1 N–H and O–H groups in total. The third-order valence-electron chi connectivity index (χ3n) is 3.92. The van der Waals surface area contributed by atoms with Gasteiger partial charge in [-0.1, -0.05) is 23.7 Å². The van der Waals surface area contributed by atoms with E-state index in [4.69, 9.17) is 11.6 Å². The van der Waals surface area contributed by atoms with Gasteiger partial charge in [0.05, 0.1) is 5.02 Å². The lowest BCUT2D eigenvalue weighted by Gasteiger charge is -2.12. The SMILES string of the molecule is Cc1c#cccc1C(=O)c1ccc(Nc2ccc(F)cc2C)cc1Cl. The van der Waals surface area contributed by atoms with Crippen molar-refractivity contribution < 1.29 is 9.18 Å². The third-order valence-corrected chi connectivity index (χ3v) is 4.24. The van der Waals surface area contributed by atoms with Crippen molar-refractivity contribution in [2.45, 2.75) is 13.8 Å². The molecule has 25 heavy (non-hydrogen) atoms. The van der Waals surface area contributed by atoms with Crippen LogP contribution in [0.25, 0.3) is 0 Å². The minimum Gasteiger partial charge on any atom is -0.355 e. The smallest absolute Gasteiger partial charge is 0.195 e. The zero-order valence-corrected chi connectivity index (χ0v) is 14.5. The van der Waals surface area contributed by atoms with E-state index in [1.807, 2.05) is 13.8 Å². The minimum absolute atomic E-state index is 0.155. The summed E-state index contributed by atoms with van der Waals surface area (Å²) >= 11 is 6.32. The van der Waals surface area contributed by atoms with Gasteiger partial charge in [-0.25, -0.2) is 4.39 Å². The van der Waals surface area contributed by atoms with Crippen molar-refractivity contribution >= 4 is 28.8 Å². The third kappa shape index (κ3) is 3.65. The second kappa shape index (κ2) is 6.96. The molecule has 0 aliphatic carbocycles. The van der Waals surface area contributed by atoms with Crippen LogP contribution in [0.4, 0.5) is 15.8 Å². The number of hydrogen-bond donors (Lipinski definition) is 1. The largest absolute Gasteiger partial charge is 0.355 e. The number of anilines is 2. The van der Waals surface area contributed by atoms with E-state index in [0.717, 1.165) is 22.5 Å². The van der Waals surface area contributed by atoms with Crippen LogP contribution in [0.2, 0.25) is 5.02 Å². The highest BCUT2D eigenvalue weighted by atomic mass is 35.5. The van der Waals surface area contributed by atoms with Gasteiger partial charge in [-0.2, -0.15) is 0 Å². The van der Waals surface area contributed by atoms with Gasteiger partial charge in [0.1, 0.15) is 5.82 Å². The number of aryl methyl sites for hydroxylation is 1. The molecule has 0 heterocycles. The molecule has 2 nitrogen and oxygen atoms in total. The maximum Gasteiger partial charge on any atom is 0.195 e.